The highest BCUT2D eigenvalue weighted by Gasteiger charge is 2.20. The summed E-state index contributed by atoms with van der Waals surface area (Å²) in [7, 11) is 1.96. The van der Waals surface area contributed by atoms with Crippen LogP contribution >= 0.6 is 11.3 Å². The highest BCUT2D eigenvalue weighted by molar-refractivity contribution is 7.09. The first-order chi connectivity index (χ1) is 12.5. The minimum Gasteiger partial charge on any atom is -0.341 e. The molecule has 6 nitrogen and oxygen atoms in total. The van der Waals surface area contributed by atoms with Gasteiger partial charge >= 0.3 is 0 Å². The molecule has 0 atom stereocenters. The van der Waals surface area contributed by atoms with Crippen LogP contribution in [0, 0.1) is 20.8 Å². The van der Waals surface area contributed by atoms with Gasteiger partial charge in [-0.3, -0.25) is 14.4 Å². The molecule has 1 saturated heterocycles. The molecule has 1 amide bonds. The molecule has 1 aliphatic heterocycles. The fraction of sp³-hybridized carbons (Fsp3) is 0.632. The van der Waals surface area contributed by atoms with Crippen LogP contribution in [-0.4, -0.2) is 56.7 Å². The van der Waals surface area contributed by atoms with Crippen molar-refractivity contribution >= 4 is 17.2 Å². The van der Waals surface area contributed by atoms with Gasteiger partial charge in [-0.2, -0.15) is 5.10 Å². The zero-order chi connectivity index (χ0) is 18.7. The maximum absolute atomic E-state index is 12.7. The van der Waals surface area contributed by atoms with Gasteiger partial charge in [0, 0.05) is 56.8 Å². The van der Waals surface area contributed by atoms with E-state index in [1.807, 2.05) is 29.1 Å². The monoisotopic (exact) mass is 375 g/mol. The molecule has 3 heterocycles. The van der Waals surface area contributed by atoms with Gasteiger partial charge in [0.15, 0.2) is 0 Å². The van der Waals surface area contributed by atoms with Gasteiger partial charge < -0.3 is 4.90 Å². The van der Waals surface area contributed by atoms with Crippen molar-refractivity contribution in [2.75, 3.05) is 26.2 Å². The second-order valence-corrected chi connectivity index (χ2v) is 8.08. The number of nitrogens with zero attached hydrogens (tertiary/aromatic N) is 5. The Morgan fingerprint density at radius 3 is 2.62 bits per heavy atom. The molecular formula is C19H29N5OS. The Morgan fingerprint density at radius 1 is 1.15 bits per heavy atom. The normalized spacial score (nSPS) is 16.1. The summed E-state index contributed by atoms with van der Waals surface area (Å²) in [4.78, 5) is 22.9. The molecule has 0 spiro atoms. The SMILES string of the molecule is Cc1ncsc1CN1CCCN(C(=O)CCc2c(C)nn(C)c2C)CC1. The first-order valence-corrected chi connectivity index (χ1v) is 10.2. The lowest BCUT2D eigenvalue weighted by Gasteiger charge is -2.22. The first-order valence-electron chi connectivity index (χ1n) is 9.34. The fourth-order valence-corrected chi connectivity index (χ4v) is 4.45. The van der Waals surface area contributed by atoms with Crippen LogP contribution in [0.25, 0.3) is 0 Å². The molecule has 26 heavy (non-hydrogen) atoms. The number of aromatic nitrogens is 3. The highest BCUT2D eigenvalue weighted by Crippen LogP contribution is 2.18. The molecule has 1 fully saturated rings. The largest absolute Gasteiger partial charge is 0.341 e. The first kappa shape index (κ1) is 19.0. The predicted molar refractivity (Wildman–Crippen MR) is 104 cm³/mol. The van der Waals surface area contributed by atoms with Gasteiger partial charge in [0.2, 0.25) is 5.91 Å². The highest BCUT2D eigenvalue weighted by atomic mass is 32.1. The molecule has 1 aliphatic rings. The van der Waals surface area contributed by atoms with E-state index in [1.165, 1.54) is 10.4 Å². The Bertz CT molecular complexity index is 766. The number of rotatable bonds is 5. The number of carbonyl (C=O) groups excluding carboxylic acids is 1. The minimum absolute atomic E-state index is 0.267. The van der Waals surface area contributed by atoms with Crippen molar-refractivity contribution in [2.24, 2.45) is 7.05 Å². The summed E-state index contributed by atoms with van der Waals surface area (Å²) in [5.41, 5.74) is 6.48. The van der Waals surface area contributed by atoms with Crippen molar-refractivity contribution in [2.45, 2.75) is 46.6 Å². The number of hydrogen-bond donors (Lipinski definition) is 0. The third kappa shape index (κ3) is 4.32. The standard InChI is InChI=1S/C19H29N5OS/c1-14-17(16(3)22(4)21-14)6-7-19(25)24-9-5-8-23(10-11-24)12-18-15(2)20-13-26-18/h13H,5-12H2,1-4H3. The molecule has 2 aromatic heterocycles. The number of aryl methyl sites for hydroxylation is 3. The number of hydrogen-bond acceptors (Lipinski definition) is 5. The summed E-state index contributed by atoms with van der Waals surface area (Å²) in [5.74, 6) is 0.267. The summed E-state index contributed by atoms with van der Waals surface area (Å²) >= 11 is 1.73. The molecule has 2 aromatic rings. The fourth-order valence-electron chi connectivity index (χ4n) is 3.63. The predicted octanol–water partition coefficient (Wildman–Crippen LogP) is 2.47. The zero-order valence-corrected chi connectivity index (χ0v) is 17.1. The molecule has 0 unspecified atom stereocenters. The lowest BCUT2D eigenvalue weighted by Crippen LogP contribution is -2.35. The Morgan fingerprint density at radius 2 is 1.96 bits per heavy atom. The van der Waals surface area contributed by atoms with Gasteiger partial charge in [-0.1, -0.05) is 0 Å². The molecule has 0 aliphatic carbocycles. The van der Waals surface area contributed by atoms with Gasteiger partial charge in [-0.05, 0) is 39.2 Å². The van der Waals surface area contributed by atoms with E-state index in [2.05, 4.69) is 28.8 Å². The van der Waals surface area contributed by atoms with E-state index in [0.29, 0.717) is 6.42 Å². The van der Waals surface area contributed by atoms with Crippen LogP contribution in [-0.2, 0) is 24.8 Å². The molecule has 0 bridgehead atoms. The Balaban J connectivity index is 1.52. The van der Waals surface area contributed by atoms with Crippen molar-refractivity contribution in [1.29, 1.82) is 0 Å². The summed E-state index contributed by atoms with van der Waals surface area (Å²) < 4.78 is 1.90. The Kier molecular flexibility index (Phi) is 6.09. The van der Waals surface area contributed by atoms with Crippen molar-refractivity contribution in [1.82, 2.24) is 24.6 Å². The third-order valence-electron chi connectivity index (χ3n) is 5.40. The van der Waals surface area contributed by atoms with Gasteiger partial charge in [0.1, 0.15) is 0 Å². The molecule has 3 rings (SSSR count). The van der Waals surface area contributed by atoms with E-state index < -0.39 is 0 Å². The lowest BCUT2D eigenvalue weighted by molar-refractivity contribution is -0.131. The van der Waals surface area contributed by atoms with E-state index in [9.17, 15) is 4.79 Å². The van der Waals surface area contributed by atoms with Crippen LogP contribution in [0.4, 0.5) is 0 Å². The van der Waals surface area contributed by atoms with E-state index in [-0.39, 0.29) is 5.91 Å². The van der Waals surface area contributed by atoms with Crippen LogP contribution in [0.1, 0.15) is 40.4 Å². The summed E-state index contributed by atoms with van der Waals surface area (Å²) in [6.45, 7) is 10.8. The maximum atomic E-state index is 12.7. The molecular weight excluding hydrogens is 346 g/mol. The van der Waals surface area contributed by atoms with Crippen molar-refractivity contribution in [3.63, 3.8) is 0 Å². The molecule has 0 saturated carbocycles. The summed E-state index contributed by atoms with van der Waals surface area (Å²) in [6.07, 6.45) is 2.39. The topological polar surface area (TPSA) is 54.3 Å². The lowest BCUT2D eigenvalue weighted by atomic mass is 10.1. The summed E-state index contributed by atoms with van der Waals surface area (Å²) in [6, 6.07) is 0. The second kappa shape index (κ2) is 8.31. The van der Waals surface area contributed by atoms with E-state index in [0.717, 1.165) is 62.6 Å². The maximum Gasteiger partial charge on any atom is 0.222 e. The quantitative estimate of drug-likeness (QED) is 0.806. The van der Waals surface area contributed by atoms with Gasteiger partial charge in [-0.25, -0.2) is 4.98 Å². The van der Waals surface area contributed by atoms with Crippen molar-refractivity contribution in [3.8, 4) is 0 Å². The average Bonchev–Trinajstić information content (AvgIpc) is 3.00. The molecule has 142 valence electrons. The Hall–Kier alpha value is -1.73. The van der Waals surface area contributed by atoms with Crippen LogP contribution in [0.15, 0.2) is 5.51 Å². The second-order valence-electron chi connectivity index (χ2n) is 7.14. The zero-order valence-electron chi connectivity index (χ0n) is 16.3. The van der Waals surface area contributed by atoms with Gasteiger partial charge in [0.05, 0.1) is 16.9 Å². The van der Waals surface area contributed by atoms with Crippen LogP contribution in [0.2, 0.25) is 0 Å². The molecule has 0 aromatic carbocycles. The van der Waals surface area contributed by atoms with Crippen LogP contribution in [0.3, 0.4) is 0 Å². The number of thiazole rings is 1. The van der Waals surface area contributed by atoms with Crippen LogP contribution < -0.4 is 0 Å². The molecule has 0 radical (unpaired) electrons. The van der Waals surface area contributed by atoms with Crippen molar-refractivity contribution in [3.05, 3.63) is 33.0 Å². The minimum atomic E-state index is 0.267. The smallest absolute Gasteiger partial charge is 0.222 e. The summed E-state index contributed by atoms with van der Waals surface area (Å²) in [5, 5.41) is 4.45. The number of amides is 1. The van der Waals surface area contributed by atoms with Crippen LogP contribution in [0.5, 0.6) is 0 Å². The third-order valence-corrected chi connectivity index (χ3v) is 6.32. The van der Waals surface area contributed by atoms with E-state index >= 15 is 0 Å². The average molecular weight is 376 g/mol. The number of carbonyl (C=O) groups is 1. The Labute approximate surface area is 159 Å². The van der Waals surface area contributed by atoms with Gasteiger partial charge in [0.25, 0.3) is 0 Å². The molecule has 0 N–H and O–H groups in total. The van der Waals surface area contributed by atoms with E-state index in [4.69, 9.17) is 0 Å². The van der Waals surface area contributed by atoms with E-state index in [1.54, 1.807) is 11.3 Å². The van der Waals surface area contributed by atoms with Crippen molar-refractivity contribution < 1.29 is 4.79 Å². The molecule has 7 heteroatoms. The van der Waals surface area contributed by atoms with Gasteiger partial charge in [-0.15, -0.1) is 11.3 Å².